The van der Waals surface area contributed by atoms with E-state index >= 15 is 0 Å². The molecule has 0 aromatic heterocycles. The molecule has 5 nitrogen and oxygen atoms in total. The van der Waals surface area contributed by atoms with Gasteiger partial charge < -0.3 is 25.0 Å². The molecule has 0 bridgehead atoms. The van der Waals surface area contributed by atoms with Crippen LogP contribution in [0.4, 0.5) is 10.1 Å². The molecular formula is C22H32FNO4. The molecule has 0 amide bonds. The molecule has 1 saturated heterocycles. The van der Waals surface area contributed by atoms with Gasteiger partial charge in [-0.15, -0.1) is 0 Å². The number of anilines is 1. The third kappa shape index (κ3) is 3.71. The summed E-state index contributed by atoms with van der Waals surface area (Å²) in [6.07, 6.45) is 1.89. The number of benzene rings is 1. The minimum atomic E-state index is -1.37. The second-order valence-electron chi connectivity index (χ2n) is 8.75. The predicted octanol–water partition coefficient (Wildman–Crippen LogP) is 2.64. The highest BCUT2D eigenvalue weighted by Crippen LogP contribution is 2.49. The van der Waals surface area contributed by atoms with Gasteiger partial charge in [-0.3, -0.25) is 0 Å². The van der Waals surface area contributed by atoms with Crippen molar-refractivity contribution in [3.8, 4) is 0 Å². The standard InChI is InChI=1S/C22H32FNO4/c1-14(2)8-9-18-21(3,26)20-19(28-4)17(25)10-11-22(20,27)13-24(18)16-7-5-6-15(23)12-16/h5-8,12,17-20,25-27H,9-11,13H2,1-4H3/t17-,18+,19-,20-,21+,22+/m1/s1. The minimum absolute atomic E-state index is 0.241. The number of piperidine rings is 1. The average molecular weight is 393 g/mol. The summed E-state index contributed by atoms with van der Waals surface area (Å²) >= 11 is 0. The molecule has 3 rings (SSSR count). The van der Waals surface area contributed by atoms with Crippen molar-refractivity contribution in [2.24, 2.45) is 5.92 Å². The van der Waals surface area contributed by atoms with E-state index in [0.717, 1.165) is 5.57 Å². The van der Waals surface area contributed by atoms with Gasteiger partial charge in [0.25, 0.3) is 0 Å². The van der Waals surface area contributed by atoms with Gasteiger partial charge in [0.1, 0.15) is 5.82 Å². The van der Waals surface area contributed by atoms with E-state index in [2.05, 4.69) is 0 Å². The van der Waals surface area contributed by atoms with Crippen LogP contribution in [0.5, 0.6) is 0 Å². The molecule has 2 aliphatic rings. The summed E-state index contributed by atoms with van der Waals surface area (Å²) in [7, 11) is 1.50. The smallest absolute Gasteiger partial charge is 0.125 e. The molecule has 1 heterocycles. The van der Waals surface area contributed by atoms with E-state index in [1.165, 1.54) is 19.2 Å². The normalized spacial score (nSPS) is 38.1. The molecule has 3 N–H and O–H groups in total. The third-order valence-corrected chi connectivity index (χ3v) is 6.45. The lowest BCUT2D eigenvalue weighted by molar-refractivity contribution is -0.232. The Morgan fingerprint density at radius 1 is 1.36 bits per heavy atom. The van der Waals surface area contributed by atoms with Crippen LogP contribution in [0.15, 0.2) is 35.9 Å². The highest BCUT2D eigenvalue weighted by molar-refractivity contribution is 5.50. The fourth-order valence-corrected chi connectivity index (χ4v) is 5.16. The molecular weight excluding hydrogens is 361 g/mol. The van der Waals surface area contributed by atoms with Crippen LogP contribution < -0.4 is 4.90 Å². The van der Waals surface area contributed by atoms with Gasteiger partial charge in [-0.05, 0) is 58.2 Å². The van der Waals surface area contributed by atoms with E-state index < -0.39 is 35.4 Å². The molecule has 1 aliphatic heterocycles. The Kier molecular flexibility index (Phi) is 5.88. The monoisotopic (exact) mass is 393 g/mol. The molecule has 2 fully saturated rings. The van der Waals surface area contributed by atoms with E-state index in [1.807, 2.05) is 24.8 Å². The van der Waals surface area contributed by atoms with E-state index in [4.69, 9.17) is 4.74 Å². The summed E-state index contributed by atoms with van der Waals surface area (Å²) < 4.78 is 19.5. The fraction of sp³-hybridized carbons (Fsp3) is 0.636. The minimum Gasteiger partial charge on any atom is -0.390 e. The van der Waals surface area contributed by atoms with E-state index in [0.29, 0.717) is 24.9 Å². The summed E-state index contributed by atoms with van der Waals surface area (Å²) in [6.45, 7) is 5.91. The average Bonchev–Trinajstić information content (AvgIpc) is 2.61. The summed E-state index contributed by atoms with van der Waals surface area (Å²) in [4.78, 5) is 1.91. The number of β-amino-alcohol motifs (C(OH)–C–C–N with tert-alkyl or cyclic N) is 1. The number of methoxy groups -OCH3 is 1. The molecule has 1 aromatic rings. The van der Waals surface area contributed by atoms with Crippen LogP contribution in [0.2, 0.25) is 0 Å². The zero-order valence-electron chi connectivity index (χ0n) is 17.1. The molecule has 1 aliphatic carbocycles. The maximum absolute atomic E-state index is 13.9. The van der Waals surface area contributed by atoms with Crippen molar-refractivity contribution in [1.29, 1.82) is 0 Å². The fourth-order valence-electron chi connectivity index (χ4n) is 5.16. The van der Waals surface area contributed by atoms with Gasteiger partial charge in [0.2, 0.25) is 0 Å². The zero-order chi connectivity index (χ0) is 20.7. The Morgan fingerprint density at radius 3 is 2.68 bits per heavy atom. The van der Waals surface area contributed by atoms with Gasteiger partial charge in [0.15, 0.2) is 0 Å². The largest absolute Gasteiger partial charge is 0.390 e. The van der Waals surface area contributed by atoms with Crippen LogP contribution >= 0.6 is 0 Å². The lowest BCUT2D eigenvalue weighted by Crippen LogP contribution is -2.75. The Labute approximate surface area is 166 Å². The van der Waals surface area contributed by atoms with Crippen molar-refractivity contribution in [3.05, 3.63) is 41.7 Å². The first kappa shape index (κ1) is 21.2. The first-order valence-corrected chi connectivity index (χ1v) is 9.91. The van der Waals surface area contributed by atoms with Crippen molar-refractivity contribution in [3.63, 3.8) is 0 Å². The Hall–Kier alpha value is -1.47. The molecule has 0 radical (unpaired) electrons. The number of nitrogens with zero attached hydrogens (tertiary/aromatic N) is 1. The molecule has 6 atom stereocenters. The summed E-state index contributed by atoms with van der Waals surface area (Å²) in [5, 5.41) is 33.7. The summed E-state index contributed by atoms with van der Waals surface area (Å²) in [5.74, 6) is -1.02. The van der Waals surface area contributed by atoms with Crippen LogP contribution in [-0.4, -0.2) is 58.4 Å². The van der Waals surface area contributed by atoms with Gasteiger partial charge in [-0.2, -0.15) is 0 Å². The van der Waals surface area contributed by atoms with Gasteiger partial charge in [-0.1, -0.05) is 17.7 Å². The van der Waals surface area contributed by atoms with Crippen molar-refractivity contribution >= 4 is 5.69 Å². The number of aliphatic hydroxyl groups is 3. The first-order chi connectivity index (χ1) is 13.1. The number of rotatable bonds is 4. The van der Waals surface area contributed by atoms with Crippen molar-refractivity contribution in [1.82, 2.24) is 0 Å². The highest BCUT2D eigenvalue weighted by atomic mass is 19.1. The molecule has 156 valence electrons. The molecule has 0 unspecified atom stereocenters. The Bertz CT molecular complexity index is 733. The second-order valence-corrected chi connectivity index (χ2v) is 8.75. The lowest BCUT2D eigenvalue weighted by Gasteiger charge is -2.61. The van der Waals surface area contributed by atoms with Gasteiger partial charge >= 0.3 is 0 Å². The summed E-state index contributed by atoms with van der Waals surface area (Å²) in [6, 6.07) is 5.84. The topological polar surface area (TPSA) is 73.2 Å². The quantitative estimate of drug-likeness (QED) is 0.686. The molecule has 1 saturated carbocycles. The van der Waals surface area contributed by atoms with Crippen LogP contribution in [0.3, 0.4) is 0 Å². The number of hydrogen-bond donors (Lipinski definition) is 3. The second kappa shape index (κ2) is 7.75. The number of hydrogen-bond acceptors (Lipinski definition) is 5. The van der Waals surface area contributed by atoms with Crippen LogP contribution in [0, 0.1) is 11.7 Å². The predicted molar refractivity (Wildman–Crippen MR) is 107 cm³/mol. The number of allylic oxidation sites excluding steroid dienone is 1. The molecule has 0 spiro atoms. The first-order valence-electron chi connectivity index (χ1n) is 9.91. The molecule has 6 heteroatoms. The SMILES string of the molecule is CO[C@@H]1[C@H](O)CC[C@]2(O)CN(c3cccc(F)c3)[C@@H](CC=C(C)C)[C@](C)(O)[C@@H]12. The highest BCUT2D eigenvalue weighted by Gasteiger charge is 2.63. The van der Waals surface area contributed by atoms with Crippen LogP contribution in [0.25, 0.3) is 0 Å². The van der Waals surface area contributed by atoms with Crippen molar-refractivity contribution in [2.45, 2.75) is 69.5 Å². The number of aliphatic hydroxyl groups excluding tert-OH is 1. The third-order valence-electron chi connectivity index (χ3n) is 6.45. The van der Waals surface area contributed by atoms with Gasteiger partial charge in [0.05, 0.1) is 29.5 Å². The Morgan fingerprint density at radius 2 is 2.07 bits per heavy atom. The van der Waals surface area contributed by atoms with E-state index in [-0.39, 0.29) is 12.4 Å². The van der Waals surface area contributed by atoms with Crippen LogP contribution in [0.1, 0.15) is 40.0 Å². The van der Waals surface area contributed by atoms with Crippen molar-refractivity contribution in [2.75, 3.05) is 18.6 Å². The van der Waals surface area contributed by atoms with Gasteiger partial charge in [-0.25, -0.2) is 4.39 Å². The van der Waals surface area contributed by atoms with E-state index in [1.54, 1.807) is 19.1 Å². The maximum Gasteiger partial charge on any atom is 0.125 e. The maximum atomic E-state index is 13.9. The lowest BCUT2D eigenvalue weighted by atomic mass is 9.59. The van der Waals surface area contributed by atoms with Gasteiger partial charge in [0, 0.05) is 25.3 Å². The zero-order valence-corrected chi connectivity index (χ0v) is 17.1. The van der Waals surface area contributed by atoms with E-state index in [9.17, 15) is 19.7 Å². The van der Waals surface area contributed by atoms with Crippen LogP contribution in [-0.2, 0) is 4.74 Å². The van der Waals surface area contributed by atoms with Crippen molar-refractivity contribution < 1.29 is 24.4 Å². The molecule has 1 aromatic carbocycles. The number of halogens is 1. The molecule has 28 heavy (non-hydrogen) atoms. The summed E-state index contributed by atoms with van der Waals surface area (Å²) in [5.41, 5.74) is -0.882. The number of ether oxygens (including phenoxy) is 1. The Balaban J connectivity index is 2.09. The number of fused-ring (bicyclic) bond motifs is 1.